The summed E-state index contributed by atoms with van der Waals surface area (Å²) >= 11 is 0. The second-order valence-electron chi connectivity index (χ2n) is 12.0. The van der Waals surface area contributed by atoms with Gasteiger partial charge in [0.25, 0.3) is 0 Å². The molecule has 42 heavy (non-hydrogen) atoms. The lowest BCUT2D eigenvalue weighted by molar-refractivity contribution is 0.0139. The highest BCUT2D eigenvalue weighted by molar-refractivity contribution is 5.88. The van der Waals surface area contributed by atoms with Crippen LogP contribution in [0.1, 0.15) is 60.1 Å². The highest BCUT2D eigenvalue weighted by atomic mass is 16.6. The highest BCUT2D eigenvalue weighted by Gasteiger charge is 2.30. The van der Waals surface area contributed by atoms with Crippen LogP contribution in [0, 0.1) is 26.2 Å². The lowest BCUT2D eigenvalue weighted by Gasteiger charge is -2.36. The molecular formula is C35H39N3O4. The van der Waals surface area contributed by atoms with Crippen molar-refractivity contribution in [3.63, 3.8) is 0 Å². The van der Waals surface area contributed by atoms with Crippen molar-refractivity contribution in [2.45, 2.75) is 52.7 Å². The predicted octanol–water partition coefficient (Wildman–Crippen LogP) is 6.70. The summed E-state index contributed by atoms with van der Waals surface area (Å²) in [5, 5.41) is 3.00. The fourth-order valence-corrected chi connectivity index (χ4v) is 5.86. The topological polar surface area (TPSA) is 71.1 Å². The first-order chi connectivity index (χ1) is 20.1. The highest BCUT2D eigenvalue weighted by Crippen LogP contribution is 2.44. The Hall–Kier alpha value is -4.28. The van der Waals surface area contributed by atoms with Gasteiger partial charge in [0.05, 0.1) is 5.69 Å². The largest absolute Gasteiger partial charge is 0.448 e. The number of hydrogen-bond acceptors (Lipinski definition) is 5. The fourth-order valence-electron chi connectivity index (χ4n) is 5.86. The number of nitrogens with zero attached hydrogens (tertiary/aromatic N) is 2. The molecule has 0 radical (unpaired) electrons. The van der Waals surface area contributed by atoms with Crippen LogP contribution in [0.5, 0.6) is 0 Å². The molecule has 0 unspecified atom stereocenters. The molecule has 1 saturated heterocycles. The molecule has 2 amide bonds. The van der Waals surface area contributed by atoms with Gasteiger partial charge in [-0.3, -0.25) is 10.2 Å². The Bertz CT molecular complexity index is 1500. The summed E-state index contributed by atoms with van der Waals surface area (Å²) in [5.74, 6) is 2.76. The molecule has 2 aliphatic rings. The van der Waals surface area contributed by atoms with E-state index in [1.807, 2.05) is 65.0 Å². The van der Waals surface area contributed by atoms with E-state index in [0.29, 0.717) is 38.4 Å². The monoisotopic (exact) mass is 565 g/mol. The molecule has 1 N–H and O–H groups in total. The number of fused-ring (bicyclic) bond motifs is 3. The van der Waals surface area contributed by atoms with Gasteiger partial charge in [0.2, 0.25) is 0 Å². The molecule has 1 heterocycles. The standard InChI is InChI=1S/C35H39N3O4/c1-7-25-20-26(21-37-16-18-38(19-17-37)34(40)42-35(4,5)6)24(3)32(23(25)2)36-33(39)41-22-31-29-14-10-8-12-27(29)28-13-9-11-15-30(28)31/h1,8-15,20,31H,16-19,21-22H2,2-6H3,(H,36,39). The van der Waals surface area contributed by atoms with Gasteiger partial charge in [0, 0.05) is 44.2 Å². The molecule has 1 aliphatic heterocycles. The molecule has 5 rings (SSSR count). The van der Waals surface area contributed by atoms with E-state index in [1.165, 1.54) is 22.3 Å². The average Bonchev–Trinajstić information content (AvgIpc) is 3.28. The summed E-state index contributed by atoms with van der Waals surface area (Å²) in [4.78, 5) is 29.7. The number of anilines is 1. The van der Waals surface area contributed by atoms with Crippen LogP contribution in [0.15, 0.2) is 54.6 Å². The maximum atomic E-state index is 13.2. The molecule has 0 bridgehead atoms. The van der Waals surface area contributed by atoms with E-state index in [0.717, 1.165) is 22.3 Å². The SMILES string of the molecule is C#Cc1cc(CN2CCN(C(=O)OC(C)(C)C)CC2)c(C)c(NC(=O)OCC2c3ccccc3-c3ccccc32)c1C. The zero-order valence-corrected chi connectivity index (χ0v) is 25.1. The van der Waals surface area contributed by atoms with Crippen LogP contribution < -0.4 is 5.32 Å². The second-order valence-corrected chi connectivity index (χ2v) is 12.0. The van der Waals surface area contributed by atoms with Gasteiger partial charge >= 0.3 is 12.2 Å². The molecule has 7 nitrogen and oxygen atoms in total. The number of carbonyl (C=O) groups excluding carboxylic acids is 2. The summed E-state index contributed by atoms with van der Waals surface area (Å²) in [6, 6.07) is 18.6. The van der Waals surface area contributed by atoms with E-state index < -0.39 is 11.7 Å². The van der Waals surface area contributed by atoms with Gasteiger partial charge in [0.1, 0.15) is 12.2 Å². The lowest BCUT2D eigenvalue weighted by Crippen LogP contribution is -2.49. The minimum absolute atomic E-state index is 0.0164. The van der Waals surface area contributed by atoms with Crippen molar-refractivity contribution in [1.82, 2.24) is 9.80 Å². The van der Waals surface area contributed by atoms with E-state index in [2.05, 4.69) is 40.4 Å². The van der Waals surface area contributed by atoms with Gasteiger partial charge in [-0.1, -0.05) is 54.5 Å². The van der Waals surface area contributed by atoms with Crippen molar-refractivity contribution in [3.8, 4) is 23.5 Å². The molecule has 0 spiro atoms. The first kappa shape index (κ1) is 29.2. The van der Waals surface area contributed by atoms with E-state index >= 15 is 0 Å². The van der Waals surface area contributed by atoms with E-state index in [1.54, 1.807) is 4.90 Å². The van der Waals surface area contributed by atoms with E-state index in [4.69, 9.17) is 15.9 Å². The zero-order chi connectivity index (χ0) is 30.0. The third kappa shape index (κ3) is 6.14. The molecule has 218 valence electrons. The van der Waals surface area contributed by atoms with Gasteiger partial charge in [-0.15, -0.1) is 6.42 Å². The molecule has 3 aromatic carbocycles. The third-order valence-corrected chi connectivity index (χ3v) is 8.10. The summed E-state index contributed by atoms with van der Waals surface area (Å²) in [7, 11) is 0. The Morgan fingerprint density at radius 3 is 2.12 bits per heavy atom. The number of benzene rings is 3. The summed E-state index contributed by atoms with van der Waals surface area (Å²) in [5.41, 5.74) is 8.44. The summed E-state index contributed by atoms with van der Waals surface area (Å²) < 4.78 is 11.4. The number of amides is 2. The van der Waals surface area contributed by atoms with Crippen LogP contribution in [0.4, 0.5) is 15.3 Å². The Balaban J connectivity index is 1.26. The molecule has 0 atom stereocenters. The van der Waals surface area contributed by atoms with Crippen LogP contribution in [-0.4, -0.2) is 60.4 Å². The Kier molecular flexibility index (Phi) is 8.29. The van der Waals surface area contributed by atoms with Crippen LogP contribution in [0.2, 0.25) is 0 Å². The minimum Gasteiger partial charge on any atom is -0.448 e. The molecule has 0 aromatic heterocycles. The maximum absolute atomic E-state index is 13.2. The van der Waals surface area contributed by atoms with Crippen molar-refractivity contribution in [2.75, 3.05) is 38.1 Å². The van der Waals surface area contributed by atoms with Gasteiger partial charge in [-0.05, 0) is 79.6 Å². The first-order valence-electron chi connectivity index (χ1n) is 14.5. The van der Waals surface area contributed by atoms with Crippen molar-refractivity contribution in [3.05, 3.63) is 88.0 Å². The predicted molar refractivity (Wildman–Crippen MR) is 166 cm³/mol. The van der Waals surface area contributed by atoms with Crippen LogP contribution in [0.25, 0.3) is 11.1 Å². The molecule has 1 fully saturated rings. The number of nitrogens with one attached hydrogen (secondary N) is 1. The number of piperazine rings is 1. The Morgan fingerprint density at radius 1 is 0.952 bits per heavy atom. The number of carbonyl (C=O) groups is 2. The molecular weight excluding hydrogens is 526 g/mol. The van der Waals surface area contributed by atoms with Crippen molar-refractivity contribution in [2.24, 2.45) is 0 Å². The number of hydrogen-bond donors (Lipinski definition) is 1. The van der Waals surface area contributed by atoms with Crippen molar-refractivity contribution < 1.29 is 19.1 Å². The Morgan fingerprint density at radius 2 is 1.55 bits per heavy atom. The van der Waals surface area contributed by atoms with Gasteiger partial charge in [-0.2, -0.15) is 0 Å². The van der Waals surface area contributed by atoms with Crippen molar-refractivity contribution in [1.29, 1.82) is 0 Å². The normalized spacial score (nSPS) is 15.0. The molecule has 0 saturated carbocycles. The average molecular weight is 566 g/mol. The van der Waals surface area contributed by atoms with Gasteiger partial charge < -0.3 is 14.4 Å². The van der Waals surface area contributed by atoms with Crippen LogP contribution >= 0.6 is 0 Å². The Labute approximate surface area is 248 Å². The van der Waals surface area contributed by atoms with E-state index in [-0.39, 0.29) is 18.6 Å². The smallest absolute Gasteiger partial charge is 0.411 e. The third-order valence-electron chi connectivity index (χ3n) is 8.10. The minimum atomic E-state index is -0.518. The summed E-state index contributed by atoms with van der Waals surface area (Å²) in [6.07, 6.45) is 5.09. The first-order valence-corrected chi connectivity index (χ1v) is 14.5. The lowest BCUT2D eigenvalue weighted by atomic mass is 9.96. The zero-order valence-electron chi connectivity index (χ0n) is 25.1. The number of rotatable bonds is 5. The second kappa shape index (κ2) is 11.9. The molecule has 1 aliphatic carbocycles. The van der Waals surface area contributed by atoms with Crippen LogP contribution in [0.3, 0.4) is 0 Å². The summed E-state index contributed by atoms with van der Waals surface area (Å²) in [6.45, 7) is 13.0. The van der Waals surface area contributed by atoms with Crippen LogP contribution in [-0.2, 0) is 16.0 Å². The quantitative estimate of drug-likeness (QED) is 0.349. The maximum Gasteiger partial charge on any atom is 0.411 e. The number of ether oxygens (including phenoxy) is 2. The molecule has 3 aromatic rings. The molecule has 7 heteroatoms. The van der Waals surface area contributed by atoms with Gasteiger partial charge in [0.15, 0.2) is 0 Å². The van der Waals surface area contributed by atoms with Gasteiger partial charge in [-0.25, -0.2) is 9.59 Å². The van der Waals surface area contributed by atoms with E-state index in [9.17, 15) is 9.59 Å². The van der Waals surface area contributed by atoms with Crippen molar-refractivity contribution >= 4 is 17.9 Å². The number of terminal acetylenes is 1. The fraction of sp³-hybridized carbons (Fsp3) is 0.371.